The fraction of sp³-hybridized carbons (Fsp3) is 0.579. The van der Waals surface area contributed by atoms with Gasteiger partial charge in [0.25, 0.3) is 8.32 Å². The fourth-order valence-electron chi connectivity index (χ4n) is 6.57. The molecule has 1 fully saturated rings. The Morgan fingerprint density at radius 2 is 1.40 bits per heavy atom. The number of allylic oxidation sites excluding steroid dienone is 1. The quantitative estimate of drug-likeness (QED) is 0.172. The highest BCUT2D eigenvalue weighted by atomic mass is 28.4. The first-order valence-electron chi connectivity index (χ1n) is 16.8. The van der Waals surface area contributed by atoms with Gasteiger partial charge in [-0.25, -0.2) is 9.59 Å². The topological polar surface area (TPSA) is 94.5 Å². The van der Waals surface area contributed by atoms with Crippen LogP contribution in [0.1, 0.15) is 82.6 Å². The second-order valence-corrected chi connectivity index (χ2v) is 19.6. The molecule has 8 nitrogen and oxygen atoms in total. The van der Waals surface area contributed by atoms with Crippen LogP contribution in [0.3, 0.4) is 0 Å². The number of hydrogen-bond acceptors (Lipinski definition) is 7. The standard InChI is InChI=1S/C38H57NO7Si/c1-12-20-27-25-30(34(41)45-36(3,4)5)39(35(42)46-37(6,7)8)32(27)33(40)31(43-13-2)26-44-47(38(9,10)11,28-21-16-14-17-22-28)29-23-18-15-19-24-29/h12,14-24,27,30-33,40H,13,25-26H2,1-11H3/b20-12-/t27-,30-,31?,32-,33?/m1/s1. The molecule has 2 aromatic rings. The molecule has 47 heavy (non-hydrogen) atoms. The van der Waals surface area contributed by atoms with Gasteiger partial charge in [0, 0.05) is 12.5 Å². The molecule has 5 atom stereocenters. The van der Waals surface area contributed by atoms with Crippen LogP contribution >= 0.6 is 0 Å². The third-order valence-electron chi connectivity index (χ3n) is 8.31. The molecule has 0 aliphatic carbocycles. The van der Waals surface area contributed by atoms with E-state index in [2.05, 4.69) is 45.0 Å². The molecule has 260 valence electrons. The predicted molar refractivity (Wildman–Crippen MR) is 189 cm³/mol. The summed E-state index contributed by atoms with van der Waals surface area (Å²) < 4.78 is 25.0. The fourth-order valence-corrected chi connectivity index (χ4v) is 11.1. The van der Waals surface area contributed by atoms with Gasteiger partial charge in [0.15, 0.2) is 0 Å². The highest BCUT2D eigenvalue weighted by Crippen LogP contribution is 2.39. The molecule has 0 spiro atoms. The molecule has 1 aliphatic heterocycles. The predicted octanol–water partition coefficient (Wildman–Crippen LogP) is 6.24. The second kappa shape index (κ2) is 15.5. The van der Waals surface area contributed by atoms with Crippen molar-refractivity contribution in [2.45, 2.75) is 123 Å². The Hall–Kier alpha value is -2.98. The molecule has 2 aromatic carbocycles. The van der Waals surface area contributed by atoms with Crippen LogP contribution < -0.4 is 10.4 Å². The largest absolute Gasteiger partial charge is 0.458 e. The maximum atomic E-state index is 13.9. The molecule has 0 saturated carbocycles. The number of hydrogen-bond donors (Lipinski definition) is 1. The van der Waals surface area contributed by atoms with E-state index in [9.17, 15) is 14.7 Å². The minimum absolute atomic E-state index is 0.0700. The van der Waals surface area contributed by atoms with Crippen molar-refractivity contribution in [2.75, 3.05) is 13.2 Å². The molecule has 9 heteroatoms. The Morgan fingerprint density at radius 1 is 0.894 bits per heavy atom. The highest BCUT2D eigenvalue weighted by Gasteiger charge is 2.55. The number of carbonyl (C=O) groups excluding carboxylic acids is 2. The normalized spacial score (nSPS) is 20.7. The lowest BCUT2D eigenvalue weighted by molar-refractivity contribution is -0.161. The first-order valence-corrected chi connectivity index (χ1v) is 18.7. The summed E-state index contributed by atoms with van der Waals surface area (Å²) in [6, 6.07) is 18.8. The summed E-state index contributed by atoms with van der Waals surface area (Å²) in [5, 5.41) is 14.2. The highest BCUT2D eigenvalue weighted by molar-refractivity contribution is 6.99. The molecule has 1 aliphatic rings. The molecular weight excluding hydrogens is 611 g/mol. The van der Waals surface area contributed by atoms with Crippen LogP contribution in [0.25, 0.3) is 0 Å². The first kappa shape index (κ1) is 38.5. The van der Waals surface area contributed by atoms with Gasteiger partial charge in [-0.05, 0) is 77.2 Å². The van der Waals surface area contributed by atoms with Crippen molar-refractivity contribution in [3.63, 3.8) is 0 Å². The Labute approximate surface area is 283 Å². The van der Waals surface area contributed by atoms with Crippen molar-refractivity contribution in [3.8, 4) is 0 Å². The van der Waals surface area contributed by atoms with Crippen molar-refractivity contribution < 1.29 is 33.3 Å². The molecule has 0 radical (unpaired) electrons. The summed E-state index contributed by atoms with van der Waals surface area (Å²) in [5.74, 6) is -0.903. The van der Waals surface area contributed by atoms with Gasteiger partial charge in [-0.2, -0.15) is 0 Å². The van der Waals surface area contributed by atoms with Gasteiger partial charge in [0.1, 0.15) is 29.5 Å². The van der Waals surface area contributed by atoms with Crippen LogP contribution in [-0.4, -0.2) is 79.1 Å². The minimum Gasteiger partial charge on any atom is -0.458 e. The van der Waals surface area contributed by atoms with Crippen molar-refractivity contribution >= 4 is 30.8 Å². The third kappa shape index (κ3) is 9.34. The summed E-state index contributed by atoms with van der Waals surface area (Å²) in [7, 11) is -2.97. The molecule has 3 rings (SSSR count). The van der Waals surface area contributed by atoms with Crippen LogP contribution in [0.5, 0.6) is 0 Å². The zero-order valence-corrected chi connectivity index (χ0v) is 31.3. The number of ether oxygens (including phenoxy) is 3. The number of benzene rings is 2. The monoisotopic (exact) mass is 667 g/mol. The Balaban J connectivity index is 2.11. The number of aliphatic hydroxyl groups excluding tert-OH is 1. The number of nitrogens with zero attached hydrogens (tertiary/aromatic N) is 1. The van der Waals surface area contributed by atoms with Gasteiger partial charge in [0.05, 0.1) is 12.6 Å². The van der Waals surface area contributed by atoms with Gasteiger partial charge in [-0.1, -0.05) is 93.6 Å². The summed E-state index contributed by atoms with van der Waals surface area (Å²) in [6.45, 7) is 21.4. The van der Waals surface area contributed by atoms with Crippen LogP contribution in [0.2, 0.25) is 5.04 Å². The maximum absolute atomic E-state index is 13.9. The van der Waals surface area contributed by atoms with Crippen LogP contribution in [0.15, 0.2) is 72.8 Å². The summed E-state index contributed by atoms with van der Waals surface area (Å²) in [5.41, 5.74) is -1.59. The lowest BCUT2D eigenvalue weighted by atomic mass is 9.92. The van der Waals surface area contributed by atoms with Gasteiger partial charge < -0.3 is 23.7 Å². The van der Waals surface area contributed by atoms with E-state index in [-0.39, 0.29) is 24.0 Å². The van der Waals surface area contributed by atoms with Gasteiger partial charge in [-0.15, -0.1) is 0 Å². The van der Waals surface area contributed by atoms with E-state index in [1.807, 2.05) is 62.4 Å². The molecule has 2 unspecified atom stereocenters. The average molecular weight is 668 g/mol. The molecule has 1 heterocycles. The maximum Gasteiger partial charge on any atom is 0.411 e. The van der Waals surface area contributed by atoms with Crippen LogP contribution in [0, 0.1) is 5.92 Å². The van der Waals surface area contributed by atoms with Crippen molar-refractivity contribution in [2.24, 2.45) is 5.92 Å². The SMILES string of the molecule is C/C=C\[C@@H]1C[C@H](C(=O)OC(C)(C)C)N(C(=O)OC(C)(C)C)[C@H]1C(O)C(CO[Si](c1ccccc1)(c1ccccc1)C(C)(C)C)OCC. The van der Waals surface area contributed by atoms with Crippen LogP contribution in [-0.2, 0) is 23.4 Å². The molecule has 1 saturated heterocycles. The molecule has 1 N–H and O–H groups in total. The molecule has 0 aromatic heterocycles. The Bertz CT molecular complexity index is 1290. The number of likely N-dealkylation sites (tertiary alicyclic amines) is 1. The second-order valence-electron chi connectivity index (χ2n) is 15.3. The zero-order chi connectivity index (χ0) is 35.2. The van der Waals surface area contributed by atoms with Gasteiger partial charge in [-0.3, -0.25) is 4.90 Å². The first-order chi connectivity index (χ1) is 21.9. The summed E-state index contributed by atoms with van der Waals surface area (Å²) in [6.07, 6.45) is 1.36. The van der Waals surface area contributed by atoms with Crippen LogP contribution in [0.4, 0.5) is 4.79 Å². The van der Waals surface area contributed by atoms with E-state index in [1.165, 1.54) is 4.90 Å². The average Bonchev–Trinajstić information content (AvgIpc) is 3.35. The van der Waals surface area contributed by atoms with Gasteiger partial charge in [0.2, 0.25) is 0 Å². The van der Waals surface area contributed by atoms with E-state index < -0.39 is 55.9 Å². The minimum atomic E-state index is -2.97. The smallest absolute Gasteiger partial charge is 0.411 e. The number of aliphatic hydroxyl groups is 1. The lowest BCUT2D eigenvalue weighted by Gasteiger charge is -2.44. The number of amides is 1. The molecule has 0 bridgehead atoms. The Kier molecular flexibility index (Phi) is 12.7. The number of rotatable bonds is 11. The third-order valence-corrected chi connectivity index (χ3v) is 13.3. The summed E-state index contributed by atoms with van der Waals surface area (Å²) >= 11 is 0. The van der Waals surface area contributed by atoms with Crippen molar-refractivity contribution in [1.29, 1.82) is 0 Å². The van der Waals surface area contributed by atoms with E-state index in [0.29, 0.717) is 6.61 Å². The summed E-state index contributed by atoms with van der Waals surface area (Å²) in [4.78, 5) is 28.9. The van der Waals surface area contributed by atoms with E-state index >= 15 is 0 Å². The lowest BCUT2D eigenvalue weighted by Crippen LogP contribution is -2.67. The number of carbonyl (C=O) groups is 2. The van der Waals surface area contributed by atoms with E-state index in [1.54, 1.807) is 41.5 Å². The molecule has 1 amide bonds. The van der Waals surface area contributed by atoms with Crippen molar-refractivity contribution in [1.82, 2.24) is 4.90 Å². The van der Waals surface area contributed by atoms with Gasteiger partial charge >= 0.3 is 12.1 Å². The van der Waals surface area contributed by atoms with Crippen molar-refractivity contribution in [3.05, 3.63) is 72.8 Å². The zero-order valence-electron chi connectivity index (χ0n) is 30.3. The molecular formula is C38H57NO7Si. The van der Waals surface area contributed by atoms with E-state index in [4.69, 9.17) is 18.6 Å². The number of esters is 1. The van der Waals surface area contributed by atoms with E-state index in [0.717, 1.165) is 10.4 Å². The Morgan fingerprint density at radius 3 is 1.83 bits per heavy atom.